The summed E-state index contributed by atoms with van der Waals surface area (Å²) in [4.78, 5) is 14.2. The van der Waals surface area contributed by atoms with E-state index < -0.39 is 4.92 Å². The monoisotopic (exact) mass is 282 g/mol. The summed E-state index contributed by atoms with van der Waals surface area (Å²) < 4.78 is 10.7. The molecule has 0 aromatic carbocycles. The number of nitrogens with zero attached hydrogens (tertiary/aromatic N) is 3. The third-order valence-electron chi connectivity index (χ3n) is 2.86. The van der Waals surface area contributed by atoms with Gasteiger partial charge in [-0.1, -0.05) is 5.16 Å². The first-order valence-corrected chi connectivity index (χ1v) is 5.98. The zero-order valence-electron chi connectivity index (χ0n) is 10.6. The number of amidine groups is 1. The third kappa shape index (κ3) is 3.12. The largest absolute Gasteiger partial charge is 0.470 e. The second-order valence-electron chi connectivity index (χ2n) is 4.24. The topological polar surface area (TPSA) is 133 Å². The lowest BCUT2D eigenvalue weighted by Gasteiger charge is -2.11. The van der Waals surface area contributed by atoms with Gasteiger partial charge in [-0.3, -0.25) is 10.1 Å². The van der Waals surface area contributed by atoms with Gasteiger partial charge in [0.1, 0.15) is 6.61 Å². The Kier molecular flexibility index (Phi) is 4.31. The molecule has 2 rings (SSSR count). The molecule has 0 amide bonds. The van der Waals surface area contributed by atoms with E-state index in [1.165, 1.54) is 6.20 Å². The summed E-state index contributed by atoms with van der Waals surface area (Å²) in [6, 6.07) is 1.15. The van der Waals surface area contributed by atoms with Crippen LogP contribution >= 0.6 is 0 Å². The Labute approximate surface area is 114 Å². The Morgan fingerprint density at radius 1 is 1.75 bits per heavy atom. The first-order chi connectivity index (χ1) is 9.61. The van der Waals surface area contributed by atoms with E-state index in [1.54, 1.807) is 0 Å². The number of nitro groups is 1. The summed E-state index contributed by atoms with van der Waals surface area (Å²) in [5.41, 5.74) is 5.17. The highest BCUT2D eigenvalue weighted by Gasteiger charge is 2.22. The van der Waals surface area contributed by atoms with Crippen molar-refractivity contribution in [1.82, 2.24) is 4.98 Å². The van der Waals surface area contributed by atoms with Crippen LogP contribution in [-0.2, 0) is 4.74 Å². The van der Waals surface area contributed by atoms with Crippen molar-refractivity contribution in [2.24, 2.45) is 10.9 Å². The molecule has 1 aromatic rings. The Hall–Kier alpha value is -2.42. The summed E-state index contributed by atoms with van der Waals surface area (Å²) >= 11 is 0. The molecular weight excluding hydrogens is 268 g/mol. The van der Waals surface area contributed by atoms with Crippen molar-refractivity contribution in [2.75, 3.05) is 13.2 Å². The predicted molar refractivity (Wildman–Crippen MR) is 67.9 cm³/mol. The maximum atomic E-state index is 11.0. The standard InChI is InChI=1S/C11H14N4O5/c12-10(14-16)7-4-9(15(17)18)11(13-5-7)20-6-8-2-1-3-19-8/h4-5,8,16H,1-3,6H2,(H2,12,14). The molecular formula is C11H14N4O5. The molecule has 0 bridgehead atoms. The predicted octanol–water partition coefficient (Wildman–Crippen LogP) is 0.642. The summed E-state index contributed by atoms with van der Waals surface area (Å²) in [5, 5.41) is 22.3. The third-order valence-corrected chi connectivity index (χ3v) is 2.86. The number of ether oxygens (including phenoxy) is 2. The molecule has 1 aliphatic heterocycles. The van der Waals surface area contributed by atoms with Crippen LogP contribution in [0.15, 0.2) is 17.4 Å². The van der Waals surface area contributed by atoms with Crippen LogP contribution in [-0.4, -0.2) is 40.3 Å². The molecule has 1 fully saturated rings. The van der Waals surface area contributed by atoms with Crippen molar-refractivity contribution in [3.8, 4) is 5.88 Å². The summed E-state index contributed by atoms with van der Waals surface area (Å²) in [6.07, 6.45) is 2.98. The van der Waals surface area contributed by atoms with Gasteiger partial charge >= 0.3 is 5.69 Å². The molecule has 1 saturated heterocycles. The van der Waals surface area contributed by atoms with E-state index in [2.05, 4.69) is 10.1 Å². The van der Waals surface area contributed by atoms with E-state index in [9.17, 15) is 10.1 Å². The van der Waals surface area contributed by atoms with Gasteiger partial charge in [0.15, 0.2) is 5.84 Å². The van der Waals surface area contributed by atoms with E-state index >= 15 is 0 Å². The highest BCUT2D eigenvalue weighted by Crippen LogP contribution is 2.26. The number of nitrogens with two attached hydrogens (primary N) is 1. The van der Waals surface area contributed by atoms with Crippen molar-refractivity contribution in [2.45, 2.75) is 18.9 Å². The zero-order chi connectivity index (χ0) is 14.5. The normalized spacial score (nSPS) is 19.0. The van der Waals surface area contributed by atoms with Crippen LogP contribution in [0.5, 0.6) is 5.88 Å². The fourth-order valence-electron chi connectivity index (χ4n) is 1.83. The summed E-state index contributed by atoms with van der Waals surface area (Å²) in [6.45, 7) is 0.878. The lowest BCUT2D eigenvalue weighted by Crippen LogP contribution is -2.18. The molecule has 3 N–H and O–H groups in total. The molecule has 1 aliphatic rings. The van der Waals surface area contributed by atoms with Gasteiger partial charge in [0.2, 0.25) is 0 Å². The molecule has 9 heteroatoms. The number of oxime groups is 1. The first kappa shape index (κ1) is 14.0. The van der Waals surface area contributed by atoms with Gasteiger partial charge in [0.25, 0.3) is 5.88 Å². The van der Waals surface area contributed by atoms with Crippen molar-refractivity contribution in [3.63, 3.8) is 0 Å². The van der Waals surface area contributed by atoms with E-state index in [-0.39, 0.29) is 35.7 Å². The first-order valence-electron chi connectivity index (χ1n) is 5.98. The van der Waals surface area contributed by atoms with Gasteiger partial charge in [-0.05, 0) is 12.8 Å². The minimum atomic E-state index is -0.633. The number of hydrogen-bond acceptors (Lipinski definition) is 7. The van der Waals surface area contributed by atoms with Gasteiger partial charge in [0.05, 0.1) is 11.0 Å². The SMILES string of the molecule is NC(=NO)c1cnc(OCC2CCCO2)c([N+](=O)[O-])c1. The van der Waals surface area contributed by atoms with Crippen LogP contribution in [0.3, 0.4) is 0 Å². The number of aromatic nitrogens is 1. The van der Waals surface area contributed by atoms with Crippen LogP contribution in [0.1, 0.15) is 18.4 Å². The molecule has 0 spiro atoms. The van der Waals surface area contributed by atoms with E-state index in [0.717, 1.165) is 18.9 Å². The van der Waals surface area contributed by atoms with Gasteiger partial charge in [-0.15, -0.1) is 0 Å². The Bertz CT molecular complexity index is 528. The second-order valence-corrected chi connectivity index (χ2v) is 4.24. The molecule has 2 heterocycles. The van der Waals surface area contributed by atoms with Crippen LogP contribution in [0.25, 0.3) is 0 Å². The van der Waals surface area contributed by atoms with Crippen molar-refractivity contribution in [1.29, 1.82) is 0 Å². The Morgan fingerprint density at radius 3 is 3.15 bits per heavy atom. The molecule has 0 saturated carbocycles. The zero-order valence-corrected chi connectivity index (χ0v) is 10.6. The van der Waals surface area contributed by atoms with E-state index in [1.807, 2.05) is 0 Å². The van der Waals surface area contributed by atoms with E-state index in [4.69, 9.17) is 20.4 Å². The molecule has 9 nitrogen and oxygen atoms in total. The van der Waals surface area contributed by atoms with Crippen LogP contribution in [0, 0.1) is 10.1 Å². The molecule has 0 aliphatic carbocycles. The number of rotatable bonds is 5. The highest BCUT2D eigenvalue weighted by molar-refractivity contribution is 5.97. The highest BCUT2D eigenvalue weighted by atomic mass is 16.6. The quantitative estimate of drug-likeness (QED) is 0.266. The van der Waals surface area contributed by atoms with Crippen molar-refractivity contribution < 1.29 is 19.6 Å². The molecule has 108 valence electrons. The average molecular weight is 282 g/mol. The summed E-state index contributed by atoms with van der Waals surface area (Å²) in [7, 11) is 0. The smallest absolute Gasteiger partial charge is 0.331 e. The minimum Gasteiger partial charge on any atom is -0.470 e. The van der Waals surface area contributed by atoms with Gasteiger partial charge in [-0.25, -0.2) is 4.98 Å². The van der Waals surface area contributed by atoms with Crippen molar-refractivity contribution in [3.05, 3.63) is 27.9 Å². The number of pyridine rings is 1. The number of hydrogen-bond donors (Lipinski definition) is 2. The van der Waals surface area contributed by atoms with Crippen LogP contribution in [0.2, 0.25) is 0 Å². The summed E-state index contributed by atoms with van der Waals surface area (Å²) in [5.74, 6) is -0.369. The minimum absolute atomic E-state index is 0.0693. The Balaban J connectivity index is 2.16. The van der Waals surface area contributed by atoms with Crippen molar-refractivity contribution >= 4 is 11.5 Å². The molecule has 20 heavy (non-hydrogen) atoms. The van der Waals surface area contributed by atoms with Crippen LogP contribution < -0.4 is 10.5 Å². The lowest BCUT2D eigenvalue weighted by atomic mass is 10.2. The molecule has 0 radical (unpaired) electrons. The molecule has 1 atom stereocenters. The van der Waals surface area contributed by atoms with Gasteiger partial charge in [0, 0.05) is 24.4 Å². The second kappa shape index (κ2) is 6.15. The van der Waals surface area contributed by atoms with Gasteiger partial charge < -0.3 is 20.4 Å². The molecule has 1 unspecified atom stereocenters. The maximum absolute atomic E-state index is 11.0. The lowest BCUT2D eigenvalue weighted by molar-refractivity contribution is -0.386. The van der Waals surface area contributed by atoms with Crippen LogP contribution in [0.4, 0.5) is 5.69 Å². The molecule has 1 aromatic heterocycles. The fourth-order valence-corrected chi connectivity index (χ4v) is 1.83. The van der Waals surface area contributed by atoms with Gasteiger partial charge in [-0.2, -0.15) is 0 Å². The fraction of sp³-hybridized carbons (Fsp3) is 0.455. The maximum Gasteiger partial charge on any atom is 0.331 e. The Morgan fingerprint density at radius 2 is 2.55 bits per heavy atom. The van der Waals surface area contributed by atoms with E-state index in [0.29, 0.717) is 6.61 Å². The average Bonchev–Trinajstić information content (AvgIpc) is 2.97.